The van der Waals surface area contributed by atoms with E-state index in [-0.39, 0.29) is 11.7 Å². The molecule has 0 saturated carbocycles. The first kappa shape index (κ1) is 19.3. The van der Waals surface area contributed by atoms with Crippen LogP contribution < -0.4 is 11.1 Å². The van der Waals surface area contributed by atoms with Gasteiger partial charge in [0, 0.05) is 36.3 Å². The van der Waals surface area contributed by atoms with Gasteiger partial charge in [0.2, 0.25) is 0 Å². The summed E-state index contributed by atoms with van der Waals surface area (Å²) in [5.74, 6) is 0. The zero-order valence-corrected chi connectivity index (χ0v) is 14.1. The van der Waals surface area contributed by atoms with E-state index in [9.17, 15) is 9.59 Å². The van der Waals surface area contributed by atoms with Crippen LogP contribution in [-0.4, -0.2) is 37.1 Å². The van der Waals surface area contributed by atoms with E-state index >= 15 is 0 Å². The normalized spacial score (nSPS) is 13.8. The van der Waals surface area contributed by atoms with Gasteiger partial charge in [0.25, 0.3) is 0 Å². The fourth-order valence-corrected chi connectivity index (χ4v) is 1.88. The molecular formula is C18H24N4O2. The van der Waals surface area contributed by atoms with Crippen molar-refractivity contribution in [3.05, 3.63) is 41.7 Å². The van der Waals surface area contributed by atoms with Gasteiger partial charge in [-0.15, -0.1) is 0 Å². The lowest BCUT2D eigenvalue weighted by Gasteiger charge is -2.07. The number of hydrogen-bond donors (Lipinski definition) is 2. The monoisotopic (exact) mass is 328 g/mol. The molecule has 0 amide bonds. The third kappa shape index (κ3) is 7.49. The minimum atomic E-state index is 0.134. The predicted octanol–water partition coefficient (Wildman–Crippen LogP) is 2.34. The Morgan fingerprint density at radius 3 is 2.58 bits per heavy atom. The van der Waals surface area contributed by atoms with Crippen LogP contribution in [0, 0.1) is 0 Å². The molecule has 1 aromatic carbocycles. The molecule has 6 nitrogen and oxygen atoms in total. The summed E-state index contributed by atoms with van der Waals surface area (Å²) >= 11 is 0. The summed E-state index contributed by atoms with van der Waals surface area (Å²) in [6.07, 6.45) is 5.83. The highest BCUT2D eigenvalue weighted by Crippen LogP contribution is 2.09. The number of carbonyl (C=O) groups is 2. The van der Waals surface area contributed by atoms with Gasteiger partial charge in [-0.3, -0.25) is 14.8 Å². The van der Waals surface area contributed by atoms with Gasteiger partial charge >= 0.3 is 0 Å². The number of hydrogen-bond acceptors (Lipinski definition) is 6. The highest BCUT2D eigenvalue weighted by atomic mass is 16.1. The molecule has 0 fully saturated rings. The molecule has 1 atom stereocenters. The second-order valence-corrected chi connectivity index (χ2v) is 5.40. The Hall–Kier alpha value is -2.76. The van der Waals surface area contributed by atoms with Crippen molar-refractivity contribution in [2.75, 3.05) is 11.9 Å². The molecule has 6 heteroatoms. The van der Waals surface area contributed by atoms with Crippen molar-refractivity contribution in [1.82, 2.24) is 0 Å². The maximum atomic E-state index is 10.6. The molecule has 0 saturated heterocycles. The van der Waals surface area contributed by atoms with E-state index in [1.54, 1.807) is 0 Å². The van der Waals surface area contributed by atoms with Crippen LogP contribution in [0.3, 0.4) is 0 Å². The molecule has 3 N–H and O–H groups in total. The number of nitrogens with zero attached hydrogens (tertiary/aromatic N) is 2. The van der Waals surface area contributed by atoms with E-state index in [1.165, 1.54) is 6.20 Å². The summed E-state index contributed by atoms with van der Waals surface area (Å²) in [5, 5.41) is 3.22. The summed E-state index contributed by atoms with van der Waals surface area (Å²) < 4.78 is 0. The molecule has 0 aromatic heterocycles. The maximum Gasteiger partial charge on any atom is 0.169 e. The van der Waals surface area contributed by atoms with Crippen molar-refractivity contribution >= 4 is 30.2 Å². The minimum absolute atomic E-state index is 0.134. The highest BCUT2D eigenvalue weighted by Gasteiger charge is 1.98. The smallest absolute Gasteiger partial charge is 0.169 e. The molecule has 128 valence electrons. The third-order valence-electron chi connectivity index (χ3n) is 3.25. The molecule has 0 aliphatic heterocycles. The maximum absolute atomic E-state index is 10.6. The van der Waals surface area contributed by atoms with E-state index in [0.717, 1.165) is 29.7 Å². The van der Waals surface area contributed by atoms with Gasteiger partial charge in [-0.25, -0.2) is 0 Å². The van der Waals surface area contributed by atoms with Gasteiger partial charge < -0.3 is 15.8 Å². The van der Waals surface area contributed by atoms with Gasteiger partial charge in [0.1, 0.15) is 12.0 Å². The van der Waals surface area contributed by atoms with Crippen LogP contribution in [0.1, 0.15) is 32.3 Å². The second kappa shape index (κ2) is 10.9. The minimum Gasteiger partial charge on any atom is -0.403 e. The number of nitrogens with one attached hydrogen (secondary N) is 1. The van der Waals surface area contributed by atoms with Crippen molar-refractivity contribution in [1.29, 1.82) is 0 Å². The largest absolute Gasteiger partial charge is 0.403 e. The first-order chi connectivity index (χ1) is 11.6. The lowest BCUT2D eigenvalue weighted by Crippen LogP contribution is -2.11. The number of aliphatic imine (C=N–C) groups is 2. The topological polar surface area (TPSA) is 96.9 Å². The molecule has 0 heterocycles. The summed E-state index contributed by atoms with van der Waals surface area (Å²) in [5.41, 5.74) is 8.19. The SMILES string of the molecule is CC(CNc1ccc(C=N[C@H](C)CCC=O)cc1)=N/C(C=O)=C\N. The number of carbonyl (C=O) groups excluding carboxylic acids is 2. The predicted molar refractivity (Wildman–Crippen MR) is 98.7 cm³/mol. The Bertz CT molecular complexity index is 618. The summed E-state index contributed by atoms with van der Waals surface area (Å²) in [7, 11) is 0. The van der Waals surface area contributed by atoms with Crippen LogP contribution in [0.4, 0.5) is 5.69 Å². The van der Waals surface area contributed by atoms with E-state index in [2.05, 4.69) is 15.3 Å². The molecule has 0 bridgehead atoms. The number of benzene rings is 1. The first-order valence-electron chi connectivity index (χ1n) is 7.81. The van der Waals surface area contributed by atoms with Gasteiger partial charge in [-0.1, -0.05) is 12.1 Å². The first-order valence-corrected chi connectivity index (χ1v) is 7.81. The molecule has 0 unspecified atom stereocenters. The van der Waals surface area contributed by atoms with Gasteiger partial charge in [-0.2, -0.15) is 0 Å². The molecule has 0 aliphatic rings. The van der Waals surface area contributed by atoms with Crippen molar-refractivity contribution in [3.63, 3.8) is 0 Å². The van der Waals surface area contributed by atoms with E-state index < -0.39 is 0 Å². The summed E-state index contributed by atoms with van der Waals surface area (Å²) in [4.78, 5) is 29.5. The molecule has 24 heavy (non-hydrogen) atoms. The van der Waals surface area contributed by atoms with E-state index in [0.29, 0.717) is 19.3 Å². The lowest BCUT2D eigenvalue weighted by molar-refractivity contribution is -0.108. The number of rotatable bonds is 10. The van der Waals surface area contributed by atoms with Crippen LogP contribution in [0.5, 0.6) is 0 Å². The van der Waals surface area contributed by atoms with Gasteiger partial charge in [0.05, 0.1) is 6.54 Å². The van der Waals surface area contributed by atoms with Gasteiger partial charge in [-0.05, 0) is 38.0 Å². The molecule has 1 aromatic rings. The van der Waals surface area contributed by atoms with Crippen LogP contribution in [0.15, 0.2) is 46.1 Å². The fraction of sp³-hybridized carbons (Fsp3) is 0.333. The average molecular weight is 328 g/mol. The summed E-state index contributed by atoms with van der Waals surface area (Å²) in [6, 6.07) is 7.95. The van der Waals surface area contributed by atoms with Crippen molar-refractivity contribution < 1.29 is 9.59 Å². The number of nitrogens with two attached hydrogens (primary N) is 1. The average Bonchev–Trinajstić information content (AvgIpc) is 2.61. The molecule has 0 spiro atoms. The second-order valence-electron chi connectivity index (χ2n) is 5.40. The van der Waals surface area contributed by atoms with Crippen LogP contribution in [0.25, 0.3) is 0 Å². The number of anilines is 1. The van der Waals surface area contributed by atoms with Crippen LogP contribution in [-0.2, 0) is 9.59 Å². The zero-order chi connectivity index (χ0) is 17.8. The Morgan fingerprint density at radius 1 is 1.29 bits per heavy atom. The van der Waals surface area contributed by atoms with E-state index in [1.807, 2.05) is 44.3 Å². The summed E-state index contributed by atoms with van der Waals surface area (Å²) in [6.45, 7) is 4.32. The van der Waals surface area contributed by atoms with Crippen molar-refractivity contribution in [2.24, 2.45) is 15.7 Å². The Labute approximate surface area is 142 Å². The quantitative estimate of drug-likeness (QED) is 0.391. The van der Waals surface area contributed by atoms with E-state index in [4.69, 9.17) is 5.73 Å². The van der Waals surface area contributed by atoms with Gasteiger partial charge in [0.15, 0.2) is 6.29 Å². The number of allylic oxidation sites excluding steroid dienone is 1. The molecule has 0 radical (unpaired) electrons. The zero-order valence-electron chi connectivity index (χ0n) is 14.1. The van der Waals surface area contributed by atoms with Crippen LogP contribution in [0.2, 0.25) is 0 Å². The Kier molecular flexibility index (Phi) is 8.74. The van der Waals surface area contributed by atoms with Crippen molar-refractivity contribution in [3.8, 4) is 0 Å². The molecule has 0 aliphatic carbocycles. The van der Waals surface area contributed by atoms with Crippen LogP contribution >= 0.6 is 0 Å². The van der Waals surface area contributed by atoms with Crippen molar-refractivity contribution in [2.45, 2.75) is 32.7 Å². The molecule has 1 rings (SSSR count). The highest BCUT2D eigenvalue weighted by molar-refractivity contribution is 5.90. The Balaban J connectivity index is 2.54. The third-order valence-corrected chi connectivity index (χ3v) is 3.25. The Morgan fingerprint density at radius 2 is 2.00 bits per heavy atom. The lowest BCUT2D eigenvalue weighted by atomic mass is 10.2. The number of aldehydes is 2. The molecular weight excluding hydrogens is 304 g/mol. The standard InChI is InChI=1S/C18H24N4O2/c1-14(4-3-9-23)20-12-16-5-7-17(8-6-16)21-11-15(2)22-18(10-19)13-24/h5-10,12-14,21H,3-4,11,19H2,1-2H3/b18-10-,20-12?,22-15?/t14-/m1/s1. The fourth-order valence-electron chi connectivity index (χ4n) is 1.88.